The van der Waals surface area contributed by atoms with Crippen LogP contribution in [0.15, 0.2) is 24.3 Å². The molecule has 2 aromatic rings. The second-order valence-corrected chi connectivity index (χ2v) is 5.53. The minimum Gasteiger partial charge on any atom is -0.491 e. The summed E-state index contributed by atoms with van der Waals surface area (Å²) >= 11 is 0. The molecule has 0 N–H and O–H groups in total. The summed E-state index contributed by atoms with van der Waals surface area (Å²) in [6.07, 6.45) is 1.07. The summed E-state index contributed by atoms with van der Waals surface area (Å²) in [5.74, 6) is 0.336. The van der Waals surface area contributed by atoms with Crippen LogP contribution in [0.1, 0.15) is 25.6 Å². The number of anilines is 1. The van der Waals surface area contributed by atoms with Crippen LogP contribution in [0.4, 0.5) is 5.69 Å². The molecule has 1 aromatic carbocycles. The van der Waals surface area contributed by atoms with E-state index in [1.165, 1.54) is 4.90 Å². The number of hydrogen-bond donors (Lipinski definition) is 0. The third kappa shape index (κ3) is 3.93. The smallest absolute Gasteiger partial charge is 0.326 e. The van der Waals surface area contributed by atoms with Crippen LogP contribution in [-0.4, -0.2) is 45.2 Å². The van der Waals surface area contributed by atoms with E-state index in [4.69, 9.17) is 9.47 Å². The fourth-order valence-corrected chi connectivity index (χ4v) is 2.53. The van der Waals surface area contributed by atoms with Gasteiger partial charge in [0, 0.05) is 6.54 Å². The lowest BCUT2D eigenvalue weighted by Crippen LogP contribution is -2.36. The highest BCUT2D eigenvalue weighted by molar-refractivity contribution is 5.99. The maximum absolute atomic E-state index is 12.3. The summed E-state index contributed by atoms with van der Waals surface area (Å²) in [5.41, 5.74) is 0.567. The van der Waals surface area contributed by atoms with E-state index in [1.54, 1.807) is 22.9 Å². The van der Waals surface area contributed by atoms with Gasteiger partial charge in [0.1, 0.15) is 12.3 Å². The Morgan fingerprint density at radius 2 is 2.20 bits per heavy atom. The van der Waals surface area contributed by atoms with Crippen molar-refractivity contribution in [1.82, 2.24) is 20.2 Å². The van der Waals surface area contributed by atoms with E-state index >= 15 is 0 Å². The fourth-order valence-electron chi connectivity index (χ4n) is 2.53. The molecule has 0 radical (unpaired) electrons. The van der Waals surface area contributed by atoms with Crippen molar-refractivity contribution in [2.75, 3.05) is 18.1 Å². The van der Waals surface area contributed by atoms with Gasteiger partial charge >= 0.3 is 5.97 Å². The van der Waals surface area contributed by atoms with Crippen molar-refractivity contribution in [3.63, 3.8) is 0 Å². The van der Waals surface area contributed by atoms with Gasteiger partial charge in [0.25, 0.3) is 0 Å². The number of ether oxygens (including phenoxy) is 2. The van der Waals surface area contributed by atoms with E-state index in [9.17, 15) is 9.59 Å². The third-order valence-corrected chi connectivity index (χ3v) is 3.72. The summed E-state index contributed by atoms with van der Waals surface area (Å²) in [5, 5.41) is 11.3. The average Bonchev–Trinajstić information content (AvgIpc) is 2.99. The first-order valence-corrected chi connectivity index (χ1v) is 8.12. The van der Waals surface area contributed by atoms with Crippen molar-refractivity contribution in [1.29, 1.82) is 0 Å². The second kappa shape index (κ2) is 7.73. The van der Waals surface area contributed by atoms with Crippen molar-refractivity contribution in [3.05, 3.63) is 30.1 Å². The van der Waals surface area contributed by atoms with Gasteiger partial charge in [0.2, 0.25) is 5.91 Å². The maximum Gasteiger partial charge on any atom is 0.326 e. The Labute approximate surface area is 144 Å². The molecule has 2 heterocycles. The van der Waals surface area contributed by atoms with Gasteiger partial charge in [0.15, 0.2) is 12.4 Å². The molecule has 1 aromatic heterocycles. The van der Waals surface area contributed by atoms with Crippen molar-refractivity contribution >= 4 is 17.6 Å². The van der Waals surface area contributed by atoms with Crippen LogP contribution in [0.5, 0.6) is 5.75 Å². The molecule has 9 nitrogen and oxygen atoms in total. The molecule has 1 aliphatic heterocycles. The molecule has 0 unspecified atom stereocenters. The Kier molecular flexibility index (Phi) is 5.22. The van der Waals surface area contributed by atoms with Gasteiger partial charge in [-0.25, -0.2) is 4.68 Å². The lowest BCUT2D eigenvalue weighted by atomic mass is 10.2. The molecule has 9 heteroatoms. The minimum absolute atomic E-state index is 0.0357. The molecule has 0 saturated heterocycles. The number of amides is 1. The van der Waals surface area contributed by atoms with Gasteiger partial charge in [-0.1, -0.05) is 19.1 Å². The molecule has 25 heavy (non-hydrogen) atoms. The number of esters is 1. The number of fused-ring (bicyclic) bond motifs is 1. The number of carbonyl (C=O) groups is 2. The number of tetrazole rings is 1. The zero-order valence-electron chi connectivity index (χ0n) is 13.9. The number of aromatic nitrogens is 4. The molecular formula is C16H19N5O4. The van der Waals surface area contributed by atoms with Crippen molar-refractivity contribution in [3.8, 4) is 5.75 Å². The zero-order valence-corrected chi connectivity index (χ0v) is 13.9. The zero-order chi connectivity index (χ0) is 17.6. The SMILES string of the molecule is CCCn1nnnc1COC(=O)CN1C(=O)CCOc2ccccc21. The van der Waals surface area contributed by atoms with Crippen molar-refractivity contribution in [2.24, 2.45) is 0 Å². The highest BCUT2D eigenvalue weighted by atomic mass is 16.5. The molecule has 0 bridgehead atoms. The molecule has 0 spiro atoms. The molecule has 1 amide bonds. The summed E-state index contributed by atoms with van der Waals surface area (Å²) in [6.45, 7) is 2.71. The molecule has 1 aliphatic rings. The lowest BCUT2D eigenvalue weighted by molar-refractivity contribution is -0.144. The molecular weight excluding hydrogens is 326 g/mol. The Hall–Kier alpha value is -2.97. The van der Waals surface area contributed by atoms with E-state index in [0.29, 0.717) is 23.8 Å². The van der Waals surface area contributed by atoms with E-state index < -0.39 is 5.97 Å². The lowest BCUT2D eigenvalue weighted by Gasteiger charge is -2.20. The first-order valence-electron chi connectivity index (χ1n) is 8.12. The molecule has 0 saturated carbocycles. The highest BCUT2D eigenvalue weighted by Gasteiger charge is 2.25. The monoisotopic (exact) mass is 345 g/mol. The van der Waals surface area contributed by atoms with Crippen LogP contribution in [0.3, 0.4) is 0 Å². The molecule has 0 aliphatic carbocycles. The van der Waals surface area contributed by atoms with Crippen LogP contribution in [0, 0.1) is 0 Å². The summed E-state index contributed by atoms with van der Waals surface area (Å²) in [7, 11) is 0. The molecule has 3 rings (SSSR count). The van der Waals surface area contributed by atoms with Crippen LogP contribution in [0.2, 0.25) is 0 Å². The highest BCUT2D eigenvalue weighted by Crippen LogP contribution is 2.30. The Bertz CT molecular complexity index is 760. The predicted octanol–water partition coefficient (Wildman–Crippen LogP) is 0.942. The Morgan fingerprint density at radius 3 is 3.04 bits per heavy atom. The van der Waals surface area contributed by atoms with Crippen LogP contribution in [-0.2, 0) is 27.5 Å². The summed E-state index contributed by atoms with van der Waals surface area (Å²) in [4.78, 5) is 25.9. The van der Waals surface area contributed by atoms with Crippen molar-refractivity contribution in [2.45, 2.75) is 32.9 Å². The van der Waals surface area contributed by atoms with E-state index in [1.807, 2.05) is 13.0 Å². The van der Waals surface area contributed by atoms with Gasteiger partial charge in [-0.15, -0.1) is 5.10 Å². The van der Waals surface area contributed by atoms with Gasteiger partial charge in [-0.2, -0.15) is 0 Å². The fraction of sp³-hybridized carbons (Fsp3) is 0.438. The number of carbonyl (C=O) groups excluding carboxylic acids is 2. The summed E-state index contributed by atoms with van der Waals surface area (Å²) in [6, 6.07) is 7.12. The standard InChI is InChI=1S/C16H19N5O4/c1-2-8-21-14(17-18-19-21)11-25-16(23)10-20-12-5-3-4-6-13(12)24-9-7-15(20)22/h3-6H,2,7-11H2,1H3. The number of nitrogens with zero attached hydrogens (tertiary/aromatic N) is 5. The number of para-hydroxylation sites is 2. The first-order chi connectivity index (χ1) is 12.2. The number of aryl methyl sites for hydroxylation is 1. The Morgan fingerprint density at radius 1 is 1.36 bits per heavy atom. The first kappa shape index (κ1) is 16.9. The molecule has 132 valence electrons. The third-order valence-electron chi connectivity index (χ3n) is 3.72. The number of benzene rings is 1. The quantitative estimate of drug-likeness (QED) is 0.718. The van der Waals surface area contributed by atoms with Crippen LogP contribution in [0.25, 0.3) is 0 Å². The number of hydrogen-bond acceptors (Lipinski definition) is 7. The average molecular weight is 345 g/mol. The molecule has 0 atom stereocenters. The van der Waals surface area contributed by atoms with Gasteiger partial charge in [-0.05, 0) is 29.0 Å². The van der Waals surface area contributed by atoms with Crippen LogP contribution < -0.4 is 9.64 Å². The van der Waals surface area contributed by atoms with E-state index in [0.717, 1.165) is 6.42 Å². The van der Waals surface area contributed by atoms with Crippen LogP contribution >= 0.6 is 0 Å². The van der Waals surface area contributed by atoms with Gasteiger partial charge < -0.3 is 9.47 Å². The normalized spacial score (nSPS) is 13.8. The largest absolute Gasteiger partial charge is 0.491 e. The van der Waals surface area contributed by atoms with E-state index in [2.05, 4.69) is 15.5 Å². The van der Waals surface area contributed by atoms with E-state index in [-0.39, 0.29) is 32.1 Å². The molecule has 0 fully saturated rings. The minimum atomic E-state index is -0.531. The maximum atomic E-state index is 12.3. The summed E-state index contributed by atoms with van der Waals surface area (Å²) < 4.78 is 12.4. The topological polar surface area (TPSA) is 99.4 Å². The van der Waals surface area contributed by atoms with Gasteiger partial charge in [-0.3, -0.25) is 14.5 Å². The number of rotatable bonds is 6. The van der Waals surface area contributed by atoms with Crippen molar-refractivity contribution < 1.29 is 19.1 Å². The Balaban J connectivity index is 1.65. The van der Waals surface area contributed by atoms with Gasteiger partial charge in [0.05, 0.1) is 18.7 Å². The second-order valence-electron chi connectivity index (χ2n) is 5.53. The predicted molar refractivity (Wildman–Crippen MR) is 86.8 cm³/mol.